The summed E-state index contributed by atoms with van der Waals surface area (Å²) in [6.45, 7) is 41.9. The van der Waals surface area contributed by atoms with E-state index in [-0.39, 0.29) is 43.7 Å². The average Bonchev–Trinajstić information content (AvgIpc) is 3.56. The molecule has 3 aliphatic rings. The molecule has 0 aromatic heterocycles. The molecular formula is C62H70O. The first kappa shape index (κ1) is 43.3. The zero-order valence-corrected chi connectivity index (χ0v) is 41.6. The Balaban J connectivity index is 1.23. The van der Waals surface area contributed by atoms with Gasteiger partial charge in [0.05, 0.1) is 0 Å². The molecule has 1 heteroatoms. The molecule has 0 saturated heterocycles. The normalized spacial score (nSPS) is 16.8. The lowest BCUT2D eigenvalue weighted by Gasteiger charge is -2.35. The summed E-state index contributed by atoms with van der Waals surface area (Å²) < 4.78 is 0. The molecule has 324 valence electrons. The van der Waals surface area contributed by atoms with Gasteiger partial charge in [0.25, 0.3) is 0 Å². The highest BCUT2D eigenvalue weighted by molar-refractivity contribution is 6.15. The monoisotopic (exact) mass is 831 g/mol. The van der Waals surface area contributed by atoms with Crippen molar-refractivity contribution in [2.45, 2.75) is 163 Å². The summed E-state index contributed by atoms with van der Waals surface area (Å²) in [5.41, 5.74) is 23.8. The molecule has 0 unspecified atom stereocenters. The molecule has 3 aliphatic carbocycles. The number of carbonyl (C=O) groups excluding carboxylic acids is 1. The summed E-state index contributed by atoms with van der Waals surface area (Å²) >= 11 is 0. The van der Waals surface area contributed by atoms with Crippen molar-refractivity contribution < 1.29 is 4.79 Å². The van der Waals surface area contributed by atoms with E-state index < -0.39 is 0 Å². The second-order valence-electron chi connectivity index (χ2n) is 25.1. The first-order valence-corrected chi connectivity index (χ1v) is 23.5. The van der Waals surface area contributed by atoms with Crippen LogP contribution in [0.5, 0.6) is 0 Å². The maximum atomic E-state index is 15.3. The van der Waals surface area contributed by atoms with Gasteiger partial charge in [-0.3, -0.25) is 4.79 Å². The second kappa shape index (κ2) is 13.3. The fourth-order valence-corrected chi connectivity index (χ4v) is 11.1. The summed E-state index contributed by atoms with van der Waals surface area (Å²) in [7, 11) is 0. The average molecular weight is 831 g/mol. The molecule has 63 heavy (non-hydrogen) atoms. The van der Waals surface area contributed by atoms with Crippen LogP contribution in [-0.4, -0.2) is 5.78 Å². The van der Waals surface area contributed by atoms with Crippen molar-refractivity contribution in [1.82, 2.24) is 0 Å². The Morgan fingerprint density at radius 1 is 0.302 bits per heavy atom. The maximum absolute atomic E-state index is 15.3. The van der Waals surface area contributed by atoms with E-state index in [4.69, 9.17) is 0 Å². The lowest BCUT2D eigenvalue weighted by molar-refractivity contribution is 0.103. The van der Waals surface area contributed by atoms with E-state index >= 15 is 4.79 Å². The van der Waals surface area contributed by atoms with Crippen molar-refractivity contribution >= 4 is 5.78 Å². The van der Waals surface area contributed by atoms with Crippen molar-refractivity contribution in [1.29, 1.82) is 0 Å². The third-order valence-corrected chi connectivity index (χ3v) is 15.5. The molecule has 1 nitrogen and oxygen atoms in total. The van der Waals surface area contributed by atoms with Gasteiger partial charge in [0.1, 0.15) is 0 Å². The van der Waals surface area contributed by atoms with E-state index in [9.17, 15) is 0 Å². The minimum atomic E-state index is -0.365. The van der Waals surface area contributed by atoms with E-state index in [0.29, 0.717) is 0 Å². The highest BCUT2D eigenvalue weighted by Gasteiger charge is 2.43. The molecule has 0 spiro atoms. The molecule has 0 amide bonds. The van der Waals surface area contributed by atoms with Crippen LogP contribution in [0.15, 0.2) is 97.1 Å². The Bertz CT molecular complexity index is 2750. The summed E-state index contributed by atoms with van der Waals surface area (Å²) in [6.07, 6.45) is 0. The molecule has 0 aliphatic heterocycles. The van der Waals surface area contributed by atoms with Crippen LogP contribution in [0, 0.1) is 0 Å². The molecule has 0 fully saturated rings. The van der Waals surface area contributed by atoms with Crippen LogP contribution >= 0.6 is 0 Å². The Labute approximate surface area is 379 Å². The van der Waals surface area contributed by atoms with Crippen molar-refractivity contribution in [3.05, 3.63) is 164 Å². The predicted octanol–water partition coefficient (Wildman–Crippen LogP) is 16.7. The van der Waals surface area contributed by atoms with Gasteiger partial charge in [-0.15, -0.1) is 0 Å². The van der Waals surface area contributed by atoms with E-state index in [1.165, 1.54) is 77.9 Å². The minimum absolute atomic E-state index is 0.0494. The number of hydrogen-bond donors (Lipinski definition) is 0. The second-order valence-corrected chi connectivity index (χ2v) is 25.1. The minimum Gasteiger partial charge on any atom is -0.289 e. The third-order valence-electron chi connectivity index (χ3n) is 15.5. The van der Waals surface area contributed by atoms with Crippen LogP contribution in [0.2, 0.25) is 0 Å². The fourth-order valence-electron chi connectivity index (χ4n) is 11.1. The van der Waals surface area contributed by atoms with Crippen molar-refractivity contribution in [3.63, 3.8) is 0 Å². The van der Waals surface area contributed by atoms with E-state index in [0.717, 1.165) is 33.4 Å². The summed E-state index contributed by atoms with van der Waals surface area (Å²) in [6, 6.07) is 37.6. The molecule has 0 atom stereocenters. The van der Waals surface area contributed by atoms with Gasteiger partial charge in [0, 0.05) is 27.4 Å². The van der Waals surface area contributed by atoms with Gasteiger partial charge in [-0.1, -0.05) is 197 Å². The van der Waals surface area contributed by atoms with Crippen molar-refractivity contribution in [2.75, 3.05) is 0 Å². The number of ketones is 1. The van der Waals surface area contributed by atoms with Gasteiger partial charge in [0.15, 0.2) is 5.78 Å². The molecular weight excluding hydrogens is 761 g/mol. The van der Waals surface area contributed by atoms with Gasteiger partial charge >= 0.3 is 0 Å². The molecule has 6 aromatic carbocycles. The van der Waals surface area contributed by atoms with Gasteiger partial charge in [0.2, 0.25) is 0 Å². The first-order chi connectivity index (χ1) is 28.9. The zero-order chi connectivity index (χ0) is 45.9. The van der Waals surface area contributed by atoms with E-state index in [1.54, 1.807) is 0 Å². The SMILES string of the molecule is CC(C)(C)c1ccc2c(c1)C(C)(C)c1cc(C(C)(C)C)cc(-c3ccc4c(c3)C(=O)c3cc(-c5cc(C(C)(C)C)cc6c5-c5ccc(C(C)(C)C)cc5C6(C)C)ccc3C4(C)C)c1-2. The molecule has 6 aromatic rings. The number of carbonyl (C=O) groups is 1. The zero-order valence-electron chi connectivity index (χ0n) is 41.6. The highest BCUT2D eigenvalue weighted by Crippen LogP contribution is 2.57. The van der Waals surface area contributed by atoms with E-state index in [1.807, 2.05) is 0 Å². The Kier molecular flexibility index (Phi) is 9.12. The molecule has 0 bridgehead atoms. The molecule has 9 rings (SSSR count). The standard InChI is InChI=1S/C62H70O/c1-56(2,3)37-21-23-41-49(31-37)61(15,16)51-33-39(58(7,8)9)29-43(53(41)51)35-19-25-47-45(27-35)55(63)46-28-36(20-26-48(46)60(47,13)14)44-30-40(59(10,11)12)34-52-54(44)42-24-22-38(57(4,5)6)32-50(42)62(52,17)18/h19-34H,1-18H3. The van der Waals surface area contributed by atoms with Gasteiger partial charge < -0.3 is 0 Å². The lowest BCUT2D eigenvalue weighted by Crippen LogP contribution is -2.30. The van der Waals surface area contributed by atoms with Crippen LogP contribution < -0.4 is 0 Å². The molecule has 0 radical (unpaired) electrons. The predicted molar refractivity (Wildman–Crippen MR) is 269 cm³/mol. The summed E-state index contributed by atoms with van der Waals surface area (Å²) in [5.74, 6) is 0.112. The van der Waals surface area contributed by atoms with Crippen LogP contribution in [0.25, 0.3) is 44.5 Å². The fraction of sp³-hybridized carbons (Fsp3) is 0.403. The van der Waals surface area contributed by atoms with Crippen molar-refractivity contribution in [2.24, 2.45) is 0 Å². The van der Waals surface area contributed by atoms with Crippen LogP contribution in [0.3, 0.4) is 0 Å². The molecule has 0 saturated carbocycles. The van der Waals surface area contributed by atoms with Crippen LogP contribution in [0.4, 0.5) is 0 Å². The van der Waals surface area contributed by atoms with Gasteiger partial charge in [-0.2, -0.15) is 0 Å². The van der Waals surface area contributed by atoms with Crippen LogP contribution in [0.1, 0.15) is 196 Å². The van der Waals surface area contributed by atoms with E-state index in [2.05, 4.69) is 222 Å². The quantitative estimate of drug-likeness (QED) is 0.170. The highest BCUT2D eigenvalue weighted by atomic mass is 16.1. The topological polar surface area (TPSA) is 17.1 Å². The smallest absolute Gasteiger partial charge is 0.193 e. The van der Waals surface area contributed by atoms with Crippen LogP contribution in [-0.2, 0) is 37.9 Å². The first-order valence-electron chi connectivity index (χ1n) is 23.5. The number of hydrogen-bond acceptors (Lipinski definition) is 1. The molecule has 0 heterocycles. The Morgan fingerprint density at radius 3 is 0.952 bits per heavy atom. The van der Waals surface area contributed by atoms with Gasteiger partial charge in [-0.25, -0.2) is 0 Å². The molecule has 0 N–H and O–H groups in total. The van der Waals surface area contributed by atoms with Crippen molar-refractivity contribution in [3.8, 4) is 44.5 Å². The Hall–Kier alpha value is -5.01. The largest absolute Gasteiger partial charge is 0.289 e. The summed E-state index contributed by atoms with van der Waals surface area (Å²) in [5, 5.41) is 0. The number of benzene rings is 6. The lowest BCUT2D eigenvalue weighted by atomic mass is 9.67. The Morgan fingerprint density at radius 2 is 0.619 bits per heavy atom. The van der Waals surface area contributed by atoms with Gasteiger partial charge in [-0.05, 0) is 146 Å². The summed E-state index contributed by atoms with van der Waals surface area (Å²) in [4.78, 5) is 15.3. The maximum Gasteiger partial charge on any atom is 0.193 e. The number of rotatable bonds is 2. The number of fused-ring (bicyclic) bond motifs is 8. The third kappa shape index (κ3) is 6.49.